The standard InChI is InChI=1S/C15H19NO2/c1-16-12-8-13(16)10-14(9-12)18-15(17)7-11-5-3-2-4-6-11/h2-6,12-14H,7-10H2,1H3/t12-,13?,14+/m0/s1. The van der Waals surface area contributed by atoms with Gasteiger partial charge in [-0.2, -0.15) is 0 Å². The van der Waals surface area contributed by atoms with Gasteiger partial charge < -0.3 is 9.64 Å². The second-order valence-corrected chi connectivity index (χ2v) is 5.45. The van der Waals surface area contributed by atoms with Crippen LogP contribution in [0.1, 0.15) is 24.8 Å². The third-order valence-corrected chi connectivity index (χ3v) is 4.26. The van der Waals surface area contributed by atoms with Crippen LogP contribution in [0.2, 0.25) is 0 Å². The van der Waals surface area contributed by atoms with Crippen LogP contribution in [0.4, 0.5) is 0 Å². The van der Waals surface area contributed by atoms with Crippen molar-refractivity contribution in [3.05, 3.63) is 35.9 Å². The van der Waals surface area contributed by atoms with E-state index in [2.05, 4.69) is 11.9 Å². The van der Waals surface area contributed by atoms with Gasteiger partial charge in [-0.05, 0) is 19.0 Å². The second kappa shape index (κ2) is 4.73. The first-order chi connectivity index (χ1) is 8.72. The lowest BCUT2D eigenvalue weighted by molar-refractivity contribution is -0.158. The molecule has 3 fully saturated rings. The molecule has 1 aromatic carbocycles. The molecule has 3 heteroatoms. The van der Waals surface area contributed by atoms with Crippen LogP contribution in [0.3, 0.4) is 0 Å². The molecule has 0 aromatic heterocycles. The quantitative estimate of drug-likeness (QED) is 0.763. The van der Waals surface area contributed by atoms with Gasteiger partial charge in [0.1, 0.15) is 6.10 Å². The minimum absolute atomic E-state index is 0.0878. The SMILES string of the molecule is CN1C2C[C@H](OC(=O)Cc3ccccc3)C[C@@H]1C2. The normalized spacial score (nSPS) is 30.6. The van der Waals surface area contributed by atoms with Gasteiger partial charge in [-0.1, -0.05) is 30.3 Å². The molecule has 1 unspecified atom stereocenters. The van der Waals surface area contributed by atoms with E-state index in [1.54, 1.807) is 0 Å². The number of piperidine rings is 1. The summed E-state index contributed by atoms with van der Waals surface area (Å²) in [6.07, 6.45) is 3.83. The number of ether oxygens (including phenoxy) is 1. The highest BCUT2D eigenvalue weighted by Crippen LogP contribution is 2.37. The van der Waals surface area contributed by atoms with E-state index < -0.39 is 0 Å². The molecule has 0 amide bonds. The van der Waals surface area contributed by atoms with Crippen LogP contribution in [-0.4, -0.2) is 36.1 Å². The van der Waals surface area contributed by atoms with Crippen molar-refractivity contribution < 1.29 is 9.53 Å². The zero-order chi connectivity index (χ0) is 12.5. The van der Waals surface area contributed by atoms with Gasteiger partial charge >= 0.3 is 5.97 Å². The predicted molar refractivity (Wildman–Crippen MR) is 69.2 cm³/mol. The summed E-state index contributed by atoms with van der Waals surface area (Å²) in [7, 11) is 2.17. The number of hydrogen-bond donors (Lipinski definition) is 0. The van der Waals surface area contributed by atoms with Crippen molar-refractivity contribution in [1.29, 1.82) is 0 Å². The molecule has 2 bridgehead atoms. The third-order valence-electron chi connectivity index (χ3n) is 4.26. The number of esters is 1. The molecule has 1 aliphatic carbocycles. The maximum atomic E-state index is 11.8. The van der Waals surface area contributed by atoms with Gasteiger partial charge in [0.2, 0.25) is 0 Å². The lowest BCUT2D eigenvalue weighted by Crippen LogP contribution is -2.60. The van der Waals surface area contributed by atoms with Crippen LogP contribution >= 0.6 is 0 Å². The van der Waals surface area contributed by atoms with Crippen molar-refractivity contribution in [2.45, 2.75) is 43.9 Å². The Morgan fingerprint density at radius 2 is 1.89 bits per heavy atom. The van der Waals surface area contributed by atoms with Crippen molar-refractivity contribution in [2.75, 3.05) is 7.05 Å². The molecule has 18 heavy (non-hydrogen) atoms. The first kappa shape index (κ1) is 11.7. The Labute approximate surface area is 108 Å². The van der Waals surface area contributed by atoms with Crippen LogP contribution < -0.4 is 0 Å². The Morgan fingerprint density at radius 3 is 2.50 bits per heavy atom. The van der Waals surface area contributed by atoms with Crippen molar-refractivity contribution >= 4 is 5.97 Å². The number of benzene rings is 1. The highest BCUT2D eigenvalue weighted by atomic mass is 16.5. The Morgan fingerprint density at radius 1 is 1.22 bits per heavy atom. The molecule has 3 nitrogen and oxygen atoms in total. The van der Waals surface area contributed by atoms with Crippen LogP contribution in [0, 0.1) is 0 Å². The molecule has 1 saturated carbocycles. The predicted octanol–water partition coefficient (Wildman–Crippen LogP) is 2.01. The Kier molecular flexibility index (Phi) is 3.08. The fourth-order valence-electron chi connectivity index (χ4n) is 3.12. The van der Waals surface area contributed by atoms with Crippen molar-refractivity contribution in [2.24, 2.45) is 0 Å². The molecule has 3 atom stereocenters. The summed E-state index contributed by atoms with van der Waals surface area (Å²) in [6, 6.07) is 11.1. The Balaban J connectivity index is 1.50. The molecular weight excluding hydrogens is 226 g/mol. The van der Waals surface area contributed by atoms with Gasteiger partial charge in [0.25, 0.3) is 0 Å². The second-order valence-electron chi connectivity index (χ2n) is 5.45. The lowest BCUT2D eigenvalue weighted by Gasteiger charge is -2.53. The monoisotopic (exact) mass is 245 g/mol. The molecule has 4 rings (SSSR count). The van der Waals surface area contributed by atoms with E-state index >= 15 is 0 Å². The number of carbonyl (C=O) groups excluding carboxylic acids is 1. The third kappa shape index (κ3) is 2.27. The molecular formula is C15H19NO2. The zero-order valence-corrected chi connectivity index (χ0v) is 10.7. The maximum absolute atomic E-state index is 11.8. The van der Waals surface area contributed by atoms with Crippen LogP contribution in [0.25, 0.3) is 0 Å². The fourth-order valence-corrected chi connectivity index (χ4v) is 3.12. The molecule has 1 aromatic rings. The average Bonchev–Trinajstić information content (AvgIpc) is 2.39. The van der Waals surface area contributed by atoms with E-state index in [4.69, 9.17) is 4.74 Å². The fraction of sp³-hybridized carbons (Fsp3) is 0.533. The minimum atomic E-state index is -0.0878. The lowest BCUT2D eigenvalue weighted by atomic mass is 9.78. The van der Waals surface area contributed by atoms with E-state index in [0.29, 0.717) is 18.5 Å². The van der Waals surface area contributed by atoms with E-state index in [1.807, 2.05) is 30.3 Å². The Hall–Kier alpha value is -1.35. The number of rotatable bonds is 3. The van der Waals surface area contributed by atoms with Crippen molar-refractivity contribution in [1.82, 2.24) is 4.90 Å². The highest BCUT2D eigenvalue weighted by molar-refractivity contribution is 5.72. The molecule has 2 aliphatic heterocycles. The number of nitrogens with zero attached hydrogens (tertiary/aromatic N) is 1. The summed E-state index contributed by atoms with van der Waals surface area (Å²) < 4.78 is 5.58. The van der Waals surface area contributed by atoms with Gasteiger partial charge in [0.15, 0.2) is 0 Å². The van der Waals surface area contributed by atoms with Crippen molar-refractivity contribution in [3.63, 3.8) is 0 Å². The summed E-state index contributed by atoms with van der Waals surface area (Å²) in [4.78, 5) is 14.3. The van der Waals surface area contributed by atoms with Crippen LogP contribution in [-0.2, 0) is 16.0 Å². The van der Waals surface area contributed by atoms with Crippen LogP contribution in [0.15, 0.2) is 30.3 Å². The summed E-state index contributed by atoms with van der Waals surface area (Å²) >= 11 is 0. The molecule has 96 valence electrons. The number of hydrogen-bond acceptors (Lipinski definition) is 3. The molecule has 0 radical (unpaired) electrons. The van der Waals surface area contributed by atoms with Gasteiger partial charge in [-0.3, -0.25) is 4.79 Å². The number of carbonyl (C=O) groups is 1. The minimum Gasteiger partial charge on any atom is -0.462 e. The van der Waals surface area contributed by atoms with Gasteiger partial charge in [-0.25, -0.2) is 0 Å². The zero-order valence-electron chi connectivity index (χ0n) is 10.7. The molecule has 2 heterocycles. The molecule has 0 N–H and O–H groups in total. The molecule has 2 saturated heterocycles. The maximum Gasteiger partial charge on any atom is 0.310 e. The van der Waals surface area contributed by atoms with E-state index in [-0.39, 0.29) is 12.1 Å². The van der Waals surface area contributed by atoms with Gasteiger partial charge in [0, 0.05) is 24.9 Å². The van der Waals surface area contributed by atoms with Crippen molar-refractivity contribution in [3.8, 4) is 0 Å². The summed E-state index contributed by atoms with van der Waals surface area (Å²) in [5.41, 5.74) is 1.03. The first-order valence-electron chi connectivity index (χ1n) is 6.67. The van der Waals surface area contributed by atoms with Gasteiger partial charge in [0.05, 0.1) is 6.42 Å². The highest BCUT2D eigenvalue weighted by Gasteiger charge is 2.44. The summed E-state index contributed by atoms with van der Waals surface area (Å²) in [6.45, 7) is 0. The largest absolute Gasteiger partial charge is 0.462 e. The number of fused-ring (bicyclic) bond motifs is 2. The van der Waals surface area contributed by atoms with E-state index in [9.17, 15) is 4.79 Å². The average molecular weight is 245 g/mol. The summed E-state index contributed by atoms with van der Waals surface area (Å²) in [5, 5.41) is 0. The van der Waals surface area contributed by atoms with E-state index in [1.165, 1.54) is 6.42 Å². The topological polar surface area (TPSA) is 29.5 Å². The van der Waals surface area contributed by atoms with E-state index in [0.717, 1.165) is 18.4 Å². The molecule has 0 spiro atoms. The van der Waals surface area contributed by atoms with Gasteiger partial charge in [-0.15, -0.1) is 0 Å². The van der Waals surface area contributed by atoms with Crippen LogP contribution in [0.5, 0.6) is 0 Å². The Bertz CT molecular complexity index is 419. The summed E-state index contributed by atoms with van der Waals surface area (Å²) in [5.74, 6) is -0.0878. The molecule has 3 aliphatic rings. The first-order valence-corrected chi connectivity index (χ1v) is 6.67. The smallest absolute Gasteiger partial charge is 0.310 e.